The van der Waals surface area contributed by atoms with Crippen LogP contribution in [0.25, 0.3) is 0 Å². The van der Waals surface area contributed by atoms with Crippen LogP contribution < -0.4 is 10.1 Å². The summed E-state index contributed by atoms with van der Waals surface area (Å²) < 4.78 is 10.6. The number of carbonyl (C=O) groups excluding carboxylic acids is 1. The number of carbonyl (C=O) groups is 1. The highest BCUT2D eigenvalue weighted by molar-refractivity contribution is 5.80. The molecule has 104 valence electrons. The first-order valence-corrected chi connectivity index (χ1v) is 6.71. The van der Waals surface area contributed by atoms with Gasteiger partial charge in [-0.3, -0.25) is 4.79 Å². The van der Waals surface area contributed by atoms with Crippen molar-refractivity contribution in [3.05, 3.63) is 29.8 Å². The molecule has 0 heterocycles. The molecule has 0 spiro atoms. The molecule has 4 heteroatoms. The molecule has 0 radical (unpaired) electrons. The van der Waals surface area contributed by atoms with Crippen LogP contribution in [0, 0.1) is 5.92 Å². The number of benzene rings is 1. The van der Waals surface area contributed by atoms with E-state index in [4.69, 9.17) is 9.47 Å². The second kappa shape index (κ2) is 6.57. The highest BCUT2D eigenvalue weighted by Crippen LogP contribution is 2.29. The lowest BCUT2D eigenvalue weighted by molar-refractivity contribution is -0.132. The molecule has 1 atom stereocenters. The second-order valence-corrected chi connectivity index (χ2v) is 4.98. The van der Waals surface area contributed by atoms with E-state index in [0.717, 1.165) is 11.3 Å². The maximum Gasteiger partial charge on any atom is 0.249 e. The Morgan fingerprint density at radius 3 is 2.63 bits per heavy atom. The van der Waals surface area contributed by atoms with Crippen molar-refractivity contribution in [2.24, 2.45) is 5.92 Å². The summed E-state index contributed by atoms with van der Waals surface area (Å²) in [5.74, 6) is 1.43. The fourth-order valence-electron chi connectivity index (χ4n) is 1.72. The molecule has 19 heavy (non-hydrogen) atoms. The van der Waals surface area contributed by atoms with Crippen molar-refractivity contribution in [1.29, 1.82) is 0 Å². The third-order valence-electron chi connectivity index (χ3n) is 3.27. The van der Waals surface area contributed by atoms with Gasteiger partial charge in [-0.15, -0.1) is 0 Å². The number of nitrogens with one attached hydrogen (secondary N) is 1. The van der Waals surface area contributed by atoms with Crippen LogP contribution in [-0.4, -0.2) is 25.7 Å². The Morgan fingerprint density at radius 2 is 2.05 bits per heavy atom. The van der Waals surface area contributed by atoms with E-state index in [1.54, 1.807) is 14.0 Å². The molecule has 0 bridgehead atoms. The molecule has 1 unspecified atom stereocenters. The SMILES string of the molecule is COc1ccc(CNC(=O)C(C)OCC2CC2)cc1. The minimum Gasteiger partial charge on any atom is -0.497 e. The maximum atomic E-state index is 11.8. The smallest absolute Gasteiger partial charge is 0.249 e. The van der Waals surface area contributed by atoms with E-state index < -0.39 is 0 Å². The van der Waals surface area contributed by atoms with Crippen LogP contribution in [0.3, 0.4) is 0 Å². The molecule has 1 saturated carbocycles. The molecule has 1 fully saturated rings. The first-order chi connectivity index (χ1) is 9.19. The van der Waals surface area contributed by atoms with Gasteiger partial charge in [-0.1, -0.05) is 12.1 Å². The van der Waals surface area contributed by atoms with Gasteiger partial charge in [-0.2, -0.15) is 0 Å². The second-order valence-electron chi connectivity index (χ2n) is 4.98. The minimum atomic E-state index is -0.376. The van der Waals surface area contributed by atoms with Gasteiger partial charge in [0.25, 0.3) is 0 Å². The summed E-state index contributed by atoms with van der Waals surface area (Å²) >= 11 is 0. The van der Waals surface area contributed by atoms with Crippen LogP contribution in [-0.2, 0) is 16.1 Å². The standard InChI is InChI=1S/C15H21NO3/c1-11(19-10-13-3-4-13)15(17)16-9-12-5-7-14(18-2)8-6-12/h5-8,11,13H,3-4,9-10H2,1-2H3,(H,16,17). The molecule has 1 aliphatic rings. The van der Waals surface area contributed by atoms with Gasteiger partial charge in [0, 0.05) is 6.54 Å². The van der Waals surface area contributed by atoms with Crippen LogP contribution in [0.4, 0.5) is 0 Å². The van der Waals surface area contributed by atoms with Crippen LogP contribution in [0.2, 0.25) is 0 Å². The van der Waals surface area contributed by atoms with Crippen molar-refractivity contribution >= 4 is 5.91 Å². The summed E-state index contributed by atoms with van der Waals surface area (Å²) in [5, 5.41) is 2.88. The predicted molar refractivity (Wildman–Crippen MR) is 73.0 cm³/mol. The van der Waals surface area contributed by atoms with Crippen LogP contribution >= 0.6 is 0 Å². The van der Waals surface area contributed by atoms with E-state index in [1.165, 1.54) is 12.8 Å². The van der Waals surface area contributed by atoms with Crippen molar-refractivity contribution in [2.45, 2.75) is 32.4 Å². The van der Waals surface area contributed by atoms with E-state index in [-0.39, 0.29) is 12.0 Å². The predicted octanol–water partition coefficient (Wildman–Crippen LogP) is 2.13. The zero-order valence-corrected chi connectivity index (χ0v) is 11.5. The van der Waals surface area contributed by atoms with E-state index in [1.807, 2.05) is 24.3 Å². The summed E-state index contributed by atoms with van der Waals surface area (Å²) in [7, 11) is 1.63. The number of amides is 1. The Balaban J connectivity index is 1.71. The first-order valence-electron chi connectivity index (χ1n) is 6.71. The van der Waals surface area contributed by atoms with Crippen LogP contribution in [0.1, 0.15) is 25.3 Å². The summed E-state index contributed by atoms with van der Waals surface area (Å²) in [4.78, 5) is 11.8. The van der Waals surface area contributed by atoms with Crippen molar-refractivity contribution in [2.75, 3.05) is 13.7 Å². The van der Waals surface area contributed by atoms with E-state index in [2.05, 4.69) is 5.32 Å². The van der Waals surface area contributed by atoms with E-state index in [0.29, 0.717) is 19.1 Å². The summed E-state index contributed by atoms with van der Waals surface area (Å²) in [6.45, 7) is 3.02. The molecule has 1 amide bonds. The van der Waals surface area contributed by atoms with Crippen molar-refractivity contribution in [3.8, 4) is 5.75 Å². The normalized spacial score (nSPS) is 15.9. The summed E-state index contributed by atoms with van der Waals surface area (Å²) in [6, 6.07) is 7.65. The highest BCUT2D eigenvalue weighted by Gasteiger charge is 2.23. The quantitative estimate of drug-likeness (QED) is 0.819. The summed E-state index contributed by atoms with van der Waals surface area (Å²) in [6.07, 6.45) is 2.10. The Labute approximate surface area is 114 Å². The third-order valence-corrected chi connectivity index (χ3v) is 3.27. The molecule has 0 aliphatic heterocycles. The molecule has 0 saturated heterocycles. The molecule has 1 aromatic rings. The van der Waals surface area contributed by atoms with Gasteiger partial charge in [0.2, 0.25) is 5.91 Å². The largest absolute Gasteiger partial charge is 0.497 e. The van der Waals surface area contributed by atoms with Crippen molar-refractivity contribution in [3.63, 3.8) is 0 Å². The summed E-state index contributed by atoms with van der Waals surface area (Å²) in [5.41, 5.74) is 1.04. The molecule has 0 aromatic heterocycles. The zero-order chi connectivity index (χ0) is 13.7. The van der Waals surface area contributed by atoms with Crippen LogP contribution in [0.15, 0.2) is 24.3 Å². The first kappa shape index (κ1) is 13.9. The van der Waals surface area contributed by atoms with Gasteiger partial charge in [0.05, 0.1) is 13.7 Å². The molecule has 1 N–H and O–H groups in total. The number of hydrogen-bond donors (Lipinski definition) is 1. The lowest BCUT2D eigenvalue weighted by Gasteiger charge is -2.13. The van der Waals surface area contributed by atoms with Gasteiger partial charge in [0.1, 0.15) is 11.9 Å². The average Bonchev–Trinajstić information content (AvgIpc) is 3.26. The van der Waals surface area contributed by atoms with Crippen molar-refractivity contribution < 1.29 is 14.3 Å². The van der Waals surface area contributed by atoms with Gasteiger partial charge < -0.3 is 14.8 Å². The average molecular weight is 263 g/mol. The lowest BCUT2D eigenvalue weighted by atomic mass is 10.2. The Bertz CT molecular complexity index is 412. The number of rotatable bonds is 7. The molecular formula is C15H21NO3. The lowest BCUT2D eigenvalue weighted by Crippen LogP contribution is -2.34. The fourth-order valence-corrected chi connectivity index (χ4v) is 1.72. The van der Waals surface area contributed by atoms with Crippen molar-refractivity contribution in [1.82, 2.24) is 5.32 Å². The number of methoxy groups -OCH3 is 1. The molecule has 1 aromatic carbocycles. The van der Waals surface area contributed by atoms with Gasteiger partial charge in [-0.25, -0.2) is 0 Å². The van der Waals surface area contributed by atoms with E-state index in [9.17, 15) is 4.79 Å². The topological polar surface area (TPSA) is 47.6 Å². The fraction of sp³-hybridized carbons (Fsp3) is 0.533. The monoisotopic (exact) mass is 263 g/mol. The molecule has 1 aliphatic carbocycles. The van der Waals surface area contributed by atoms with E-state index >= 15 is 0 Å². The Kier molecular flexibility index (Phi) is 4.80. The van der Waals surface area contributed by atoms with Gasteiger partial charge in [0.15, 0.2) is 0 Å². The van der Waals surface area contributed by atoms with Crippen LogP contribution in [0.5, 0.6) is 5.75 Å². The zero-order valence-electron chi connectivity index (χ0n) is 11.5. The molecule has 4 nitrogen and oxygen atoms in total. The number of ether oxygens (including phenoxy) is 2. The number of hydrogen-bond acceptors (Lipinski definition) is 3. The molecule has 2 rings (SSSR count). The third kappa shape index (κ3) is 4.56. The maximum absolute atomic E-state index is 11.8. The highest BCUT2D eigenvalue weighted by atomic mass is 16.5. The Morgan fingerprint density at radius 1 is 1.37 bits per heavy atom. The van der Waals surface area contributed by atoms with Gasteiger partial charge >= 0.3 is 0 Å². The minimum absolute atomic E-state index is 0.0588. The van der Waals surface area contributed by atoms with Gasteiger partial charge in [-0.05, 0) is 43.4 Å². The molecular weight excluding hydrogens is 242 g/mol. The Hall–Kier alpha value is -1.55.